The Morgan fingerprint density at radius 1 is 1.65 bits per heavy atom. The second kappa shape index (κ2) is 5.75. The molecule has 0 aliphatic carbocycles. The van der Waals surface area contributed by atoms with E-state index in [1.807, 2.05) is 0 Å². The summed E-state index contributed by atoms with van der Waals surface area (Å²) < 4.78 is 5.56. The lowest BCUT2D eigenvalue weighted by molar-refractivity contribution is -0.0175. The number of pyridine rings is 1. The third-order valence-electron chi connectivity index (χ3n) is 2.73. The van der Waals surface area contributed by atoms with Crippen LogP contribution in [0.15, 0.2) is 24.4 Å². The highest BCUT2D eigenvalue weighted by Gasteiger charge is 2.18. The number of carbonyl (C=O) groups is 1. The van der Waals surface area contributed by atoms with Crippen LogP contribution in [0.5, 0.6) is 0 Å². The van der Waals surface area contributed by atoms with E-state index in [1.165, 1.54) is 0 Å². The van der Waals surface area contributed by atoms with E-state index in [0.717, 1.165) is 19.7 Å². The molecule has 0 radical (unpaired) electrons. The van der Waals surface area contributed by atoms with Crippen molar-refractivity contribution in [3.63, 3.8) is 0 Å². The van der Waals surface area contributed by atoms with Crippen LogP contribution in [0.2, 0.25) is 0 Å². The van der Waals surface area contributed by atoms with Gasteiger partial charge in [-0.2, -0.15) is 0 Å². The van der Waals surface area contributed by atoms with Gasteiger partial charge in [-0.3, -0.25) is 9.78 Å². The van der Waals surface area contributed by atoms with Crippen LogP contribution < -0.4 is 5.32 Å². The van der Waals surface area contributed by atoms with E-state index in [-0.39, 0.29) is 12.0 Å². The molecule has 0 spiro atoms. The van der Waals surface area contributed by atoms with Crippen molar-refractivity contribution < 1.29 is 9.53 Å². The molecular weight excluding hydrogens is 218 g/mol. The van der Waals surface area contributed by atoms with Crippen LogP contribution in [0.3, 0.4) is 0 Å². The van der Waals surface area contributed by atoms with Gasteiger partial charge in [0, 0.05) is 25.8 Å². The van der Waals surface area contributed by atoms with Gasteiger partial charge >= 0.3 is 0 Å². The van der Waals surface area contributed by atoms with Crippen LogP contribution in [0.4, 0.5) is 0 Å². The average molecular weight is 235 g/mol. The van der Waals surface area contributed by atoms with Crippen molar-refractivity contribution in [2.75, 3.05) is 33.3 Å². The molecule has 0 saturated carbocycles. The molecule has 1 N–H and O–H groups in total. The number of nitrogens with zero attached hydrogens (tertiary/aromatic N) is 2. The van der Waals surface area contributed by atoms with E-state index in [4.69, 9.17) is 4.74 Å². The van der Waals surface area contributed by atoms with E-state index >= 15 is 0 Å². The van der Waals surface area contributed by atoms with Gasteiger partial charge < -0.3 is 15.0 Å². The Morgan fingerprint density at radius 2 is 2.53 bits per heavy atom. The lowest BCUT2D eigenvalue weighted by Crippen LogP contribution is -2.46. The molecule has 2 heterocycles. The Bertz CT molecular complexity index is 369. The predicted octanol–water partition coefficient (Wildman–Crippen LogP) is 0.142. The molecule has 1 saturated heterocycles. The van der Waals surface area contributed by atoms with Crippen molar-refractivity contribution in [2.24, 2.45) is 0 Å². The minimum Gasteiger partial charge on any atom is -0.374 e. The van der Waals surface area contributed by atoms with Gasteiger partial charge in [0.15, 0.2) is 0 Å². The number of morpholine rings is 1. The van der Waals surface area contributed by atoms with Crippen LogP contribution >= 0.6 is 0 Å². The van der Waals surface area contributed by atoms with Crippen molar-refractivity contribution in [3.8, 4) is 0 Å². The highest BCUT2D eigenvalue weighted by atomic mass is 16.5. The van der Waals surface area contributed by atoms with E-state index in [2.05, 4.69) is 22.2 Å². The van der Waals surface area contributed by atoms with Gasteiger partial charge in [0.05, 0.1) is 12.7 Å². The van der Waals surface area contributed by atoms with E-state index in [9.17, 15) is 4.79 Å². The van der Waals surface area contributed by atoms with Crippen molar-refractivity contribution in [1.29, 1.82) is 0 Å². The standard InChI is InChI=1S/C12H17N3O2/c1-15-6-7-17-10(9-15)8-14-12(16)11-4-2-3-5-13-11/h2-5,10H,6-9H2,1H3,(H,14,16). The SMILES string of the molecule is CN1CCOC(CNC(=O)c2ccccn2)C1. The highest BCUT2D eigenvalue weighted by molar-refractivity contribution is 5.92. The molecule has 92 valence electrons. The quantitative estimate of drug-likeness (QED) is 0.810. The monoisotopic (exact) mass is 235 g/mol. The number of aromatic nitrogens is 1. The van der Waals surface area contributed by atoms with Gasteiger partial charge in [-0.1, -0.05) is 6.07 Å². The maximum atomic E-state index is 11.7. The largest absolute Gasteiger partial charge is 0.374 e. The zero-order valence-electron chi connectivity index (χ0n) is 9.93. The predicted molar refractivity (Wildman–Crippen MR) is 63.8 cm³/mol. The first kappa shape index (κ1) is 12.0. The Labute approximate surface area is 101 Å². The summed E-state index contributed by atoms with van der Waals surface area (Å²) in [6.07, 6.45) is 1.68. The van der Waals surface area contributed by atoms with Crippen LogP contribution in [0, 0.1) is 0 Å². The van der Waals surface area contributed by atoms with E-state index in [1.54, 1.807) is 24.4 Å². The number of rotatable bonds is 3. The van der Waals surface area contributed by atoms with Crippen molar-refractivity contribution in [3.05, 3.63) is 30.1 Å². The normalized spacial score (nSPS) is 21.1. The molecule has 1 aliphatic rings. The molecule has 0 bridgehead atoms. The van der Waals surface area contributed by atoms with E-state index < -0.39 is 0 Å². The number of likely N-dealkylation sites (N-methyl/N-ethyl adjacent to an activating group) is 1. The minimum absolute atomic E-state index is 0.0708. The molecule has 5 nitrogen and oxygen atoms in total. The fraction of sp³-hybridized carbons (Fsp3) is 0.500. The molecule has 0 aromatic carbocycles. The molecule has 1 unspecified atom stereocenters. The first-order valence-corrected chi connectivity index (χ1v) is 5.75. The summed E-state index contributed by atoms with van der Waals surface area (Å²) in [6.45, 7) is 3.05. The summed E-state index contributed by atoms with van der Waals surface area (Å²) in [6, 6.07) is 5.28. The van der Waals surface area contributed by atoms with Gasteiger partial charge in [0.25, 0.3) is 5.91 Å². The molecular formula is C12H17N3O2. The van der Waals surface area contributed by atoms with Crippen LogP contribution in [-0.4, -0.2) is 55.2 Å². The molecule has 2 rings (SSSR count). The number of hydrogen-bond donors (Lipinski definition) is 1. The molecule has 1 fully saturated rings. The third kappa shape index (κ3) is 3.51. The zero-order chi connectivity index (χ0) is 12.1. The lowest BCUT2D eigenvalue weighted by atomic mass is 10.2. The van der Waals surface area contributed by atoms with Crippen molar-refractivity contribution in [1.82, 2.24) is 15.2 Å². The van der Waals surface area contributed by atoms with Crippen LogP contribution in [-0.2, 0) is 4.74 Å². The Balaban J connectivity index is 1.80. The number of hydrogen-bond acceptors (Lipinski definition) is 4. The molecule has 1 aromatic rings. The van der Waals surface area contributed by atoms with Gasteiger partial charge in [-0.15, -0.1) is 0 Å². The van der Waals surface area contributed by atoms with Crippen molar-refractivity contribution >= 4 is 5.91 Å². The molecule has 1 amide bonds. The summed E-state index contributed by atoms with van der Waals surface area (Å²) >= 11 is 0. The second-order valence-corrected chi connectivity index (χ2v) is 4.18. The maximum absolute atomic E-state index is 11.7. The molecule has 1 aromatic heterocycles. The number of ether oxygens (including phenoxy) is 1. The topological polar surface area (TPSA) is 54.5 Å². The summed E-state index contributed by atoms with van der Waals surface area (Å²) in [4.78, 5) is 17.9. The lowest BCUT2D eigenvalue weighted by Gasteiger charge is -2.30. The number of amides is 1. The molecule has 5 heteroatoms. The second-order valence-electron chi connectivity index (χ2n) is 4.18. The van der Waals surface area contributed by atoms with Gasteiger partial charge in [-0.05, 0) is 19.2 Å². The van der Waals surface area contributed by atoms with E-state index in [0.29, 0.717) is 12.2 Å². The molecule has 17 heavy (non-hydrogen) atoms. The smallest absolute Gasteiger partial charge is 0.269 e. The number of nitrogens with one attached hydrogen (secondary N) is 1. The average Bonchev–Trinajstić information content (AvgIpc) is 2.37. The van der Waals surface area contributed by atoms with Gasteiger partial charge in [0.2, 0.25) is 0 Å². The fourth-order valence-electron chi connectivity index (χ4n) is 1.78. The van der Waals surface area contributed by atoms with Crippen molar-refractivity contribution in [2.45, 2.75) is 6.10 Å². The Morgan fingerprint density at radius 3 is 3.24 bits per heavy atom. The van der Waals surface area contributed by atoms with Crippen LogP contribution in [0.25, 0.3) is 0 Å². The summed E-state index contributed by atoms with van der Waals surface area (Å²) in [5.41, 5.74) is 0.441. The Hall–Kier alpha value is -1.46. The summed E-state index contributed by atoms with van der Waals surface area (Å²) in [5.74, 6) is -0.151. The highest BCUT2D eigenvalue weighted by Crippen LogP contribution is 2.02. The van der Waals surface area contributed by atoms with Crippen LogP contribution in [0.1, 0.15) is 10.5 Å². The zero-order valence-corrected chi connectivity index (χ0v) is 9.93. The first-order valence-electron chi connectivity index (χ1n) is 5.75. The summed E-state index contributed by atoms with van der Waals surface area (Å²) in [7, 11) is 2.05. The fourth-order valence-corrected chi connectivity index (χ4v) is 1.78. The van der Waals surface area contributed by atoms with Gasteiger partial charge in [-0.25, -0.2) is 0 Å². The first-order chi connectivity index (χ1) is 8.25. The minimum atomic E-state index is -0.151. The molecule has 1 aliphatic heterocycles. The molecule has 1 atom stereocenters. The third-order valence-corrected chi connectivity index (χ3v) is 2.73. The number of carbonyl (C=O) groups excluding carboxylic acids is 1. The maximum Gasteiger partial charge on any atom is 0.269 e. The summed E-state index contributed by atoms with van der Waals surface area (Å²) in [5, 5.41) is 2.84. The Kier molecular flexibility index (Phi) is 4.06. The van der Waals surface area contributed by atoms with Gasteiger partial charge in [0.1, 0.15) is 5.69 Å².